The van der Waals surface area contributed by atoms with Gasteiger partial charge < -0.3 is 0 Å². The van der Waals surface area contributed by atoms with Gasteiger partial charge in [0, 0.05) is 14.8 Å². The lowest BCUT2D eigenvalue weighted by Gasteiger charge is -2.25. The number of aryl methyl sites for hydroxylation is 2. The van der Waals surface area contributed by atoms with E-state index in [-0.39, 0.29) is 15.3 Å². The van der Waals surface area contributed by atoms with Crippen molar-refractivity contribution in [2.24, 2.45) is 11.8 Å². The van der Waals surface area contributed by atoms with Crippen molar-refractivity contribution in [1.82, 2.24) is 0 Å². The van der Waals surface area contributed by atoms with Crippen LogP contribution in [0.25, 0.3) is 6.08 Å². The van der Waals surface area contributed by atoms with Crippen LogP contribution in [0.1, 0.15) is 100 Å². The average Bonchev–Trinajstić information content (AvgIpc) is 3.39. The SMILES string of the molecule is C=Cc1ccc(C(=O)C[C@H]2CCc3cc(CCCCF)ccc3C2)cc1.CCC1CCCC1.[HH].[HH]. The maximum absolute atomic E-state index is 12.6. The molecule has 1 saturated carbocycles. The van der Waals surface area contributed by atoms with Gasteiger partial charge in [0.15, 0.2) is 5.78 Å². The van der Waals surface area contributed by atoms with Gasteiger partial charge in [-0.25, -0.2) is 0 Å². The van der Waals surface area contributed by atoms with Gasteiger partial charge in [-0.15, -0.1) is 0 Å². The Hall–Kier alpha value is -2.22. The van der Waals surface area contributed by atoms with Crippen molar-refractivity contribution in [2.75, 3.05) is 6.67 Å². The molecule has 1 fully saturated rings. The van der Waals surface area contributed by atoms with E-state index in [9.17, 15) is 9.18 Å². The Labute approximate surface area is 203 Å². The van der Waals surface area contributed by atoms with E-state index < -0.39 is 0 Å². The zero-order valence-corrected chi connectivity index (χ0v) is 20.5. The van der Waals surface area contributed by atoms with Crippen LogP contribution in [0.3, 0.4) is 0 Å². The molecule has 0 heterocycles. The number of carbonyl (C=O) groups is 1. The zero-order chi connectivity index (χ0) is 23.5. The molecule has 2 aliphatic rings. The molecule has 4 rings (SSSR count). The van der Waals surface area contributed by atoms with E-state index in [1.54, 1.807) is 6.08 Å². The summed E-state index contributed by atoms with van der Waals surface area (Å²) in [6, 6.07) is 14.4. The Morgan fingerprint density at radius 3 is 2.42 bits per heavy atom. The van der Waals surface area contributed by atoms with E-state index in [0.717, 1.165) is 49.1 Å². The van der Waals surface area contributed by atoms with Crippen molar-refractivity contribution in [2.45, 2.75) is 84.0 Å². The highest BCUT2D eigenvalue weighted by atomic mass is 19.1. The molecular weight excluding hydrogens is 407 g/mol. The van der Waals surface area contributed by atoms with Crippen molar-refractivity contribution >= 4 is 11.9 Å². The molecule has 2 aliphatic carbocycles. The molecule has 0 N–H and O–H groups in total. The molecule has 1 atom stereocenters. The number of carbonyl (C=O) groups excluding carboxylic acids is 1. The first kappa shape index (κ1) is 25.4. The van der Waals surface area contributed by atoms with Crippen LogP contribution in [0, 0.1) is 11.8 Å². The molecule has 2 heteroatoms. The fourth-order valence-electron chi connectivity index (χ4n) is 5.24. The van der Waals surface area contributed by atoms with E-state index in [1.165, 1.54) is 48.8 Å². The van der Waals surface area contributed by atoms with Gasteiger partial charge in [0.05, 0.1) is 6.67 Å². The monoisotopic (exact) mass is 452 g/mol. The minimum absolute atomic E-state index is 0. The summed E-state index contributed by atoms with van der Waals surface area (Å²) in [6.07, 6.45) is 15.5. The lowest BCUT2D eigenvalue weighted by atomic mass is 9.80. The van der Waals surface area contributed by atoms with Crippen molar-refractivity contribution < 1.29 is 12.0 Å². The highest BCUT2D eigenvalue weighted by Gasteiger charge is 2.22. The molecule has 33 heavy (non-hydrogen) atoms. The van der Waals surface area contributed by atoms with Crippen LogP contribution in [0.5, 0.6) is 0 Å². The number of hydrogen-bond acceptors (Lipinski definition) is 1. The second-order valence-electron chi connectivity index (χ2n) is 9.87. The zero-order valence-electron chi connectivity index (χ0n) is 20.5. The second-order valence-corrected chi connectivity index (χ2v) is 9.87. The van der Waals surface area contributed by atoms with E-state index in [0.29, 0.717) is 18.8 Å². The lowest BCUT2D eigenvalue weighted by molar-refractivity contribution is 0.0957. The first-order valence-corrected chi connectivity index (χ1v) is 13.0. The van der Waals surface area contributed by atoms with Gasteiger partial charge in [0.1, 0.15) is 0 Å². The largest absolute Gasteiger partial charge is 0.294 e. The van der Waals surface area contributed by atoms with Crippen LogP contribution in [-0.4, -0.2) is 12.5 Å². The average molecular weight is 453 g/mol. The number of unbranched alkanes of at least 4 members (excludes halogenated alkanes) is 1. The Morgan fingerprint density at radius 1 is 1.03 bits per heavy atom. The van der Waals surface area contributed by atoms with Gasteiger partial charge in [-0.3, -0.25) is 9.18 Å². The van der Waals surface area contributed by atoms with E-state index >= 15 is 0 Å². The van der Waals surface area contributed by atoms with Gasteiger partial charge in [0.25, 0.3) is 0 Å². The highest BCUT2D eigenvalue weighted by molar-refractivity contribution is 5.96. The summed E-state index contributed by atoms with van der Waals surface area (Å²) in [7, 11) is 0. The van der Waals surface area contributed by atoms with Crippen molar-refractivity contribution in [3.63, 3.8) is 0 Å². The molecule has 0 aromatic heterocycles. The third-order valence-electron chi connectivity index (χ3n) is 7.44. The lowest BCUT2D eigenvalue weighted by Crippen LogP contribution is -2.18. The van der Waals surface area contributed by atoms with E-state index in [4.69, 9.17) is 0 Å². The van der Waals surface area contributed by atoms with Gasteiger partial charge >= 0.3 is 0 Å². The smallest absolute Gasteiger partial charge is 0.163 e. The number of ketones is 1. The summed E-state index contributed by atoms with van der Waals surface area (Å²) in [5.74, 6) is 1.75. The molecule has 0 bridgehead atoms. The molecule has 0 unspecified atom stereocenters. The minimum Gasteiger partial charge on any atom is -0.294 e. The van der Waals surface area contributed by atoms with Gasteiger partial charge in [-0.2, -0.15) is 0 Å². The number of rotatable bonds is 9. The van der Waals surface area contributed by atoms with Crippen LogP contribution in [0.15, 0.2) is 49.0 Å². The van der Waals surface area contributed by atoms with Crippen molar-refractivity contribution in [3.8, 4) is 0 Å². The fraction of sp³-hybridized carbons (Fsp3) is 0.516. The predicted octanol–water partition coefficient (Wildman–Crippen LogP) is 9.08. The van der Waals surface area contributed by atoms with E-state index in [2.05, 4.69) is 31.7 Å². The molecule has 0 amide bonds. The Morgan fingerprint density at radius 2 is 1.79 bits per heavy atom. The van der Waals surface area contributed by atoms with Crippen LogP contribution in [0.2, 0.25) is 0 Å². The first-order chi connectivity index (χ1) is 16.1. The van der Waals surface area contributed by atoms with Gasteiger partial charge in [0.2, 0.25) is 0 Å². The van der Waals surface area contributed by atoms with E-state index in [1.807, 2.05) is 24.3 Å². The summed E-state index contributed by atoms with van der Waals surface area (Å²) in [6.45, 7) is 5.82. The molecule has 0 radical (unpaired) electrons. The number of Topliss-reactive ketones (excluding diaryl/α,β-unsaturated/α-hetero) is 1. The first-order valence-electron chi connectivity index (χ1n) is 13.0. The molecule has 0 aliphatic heterocycles. The number of fused-ring (bicyclic) bond motifs is 1. The normalized spacial score (nSPS) is 17.7. The van der Waals surface area contributed by atoms with Crippen molar-refractivity contribution in [1.29, 1.82) is 0 Å². The summed E-state index contributed by atoms with van der Waals surface area (Å²) in [5.41, 5.74) is 5.95. The number of halogens is 1. The maximum Gasteiger partial charge on any atom is 0.163 e. The summed E-state index contributed by atoms with van der Waals surface area (Å²) >= 11 is 0. The van der Waals surface area contributed by atoms with Crippen LogP contribution in [0.4, 0.5) is 4.39 Å². The van der Waals surface area contributed by atoms with Gasteiger partial charge in [-0.1, -0.05) is 94.1 Å². The molecule has 0 saturated heterocycles. The molecular formula is C31H45FO. The Bertz CT molecular complexity index is 887. The summed E-state index contributed by atoms with van der Waals surface area (Å²) in [5, 5.41) is 0. The van der Waals surface area contributed by atoms with Crippen LogP contribution in [-0.2, 0) is 19.3 Å². The number of benzene rings is 2. The standard InChI is InChI=1S/C24H27FO.C7H14.2H2/c1-2-18-6-10-21(11-7-18)24(26)17-20-9-13-22-15-19(5-3-4-14-25)8-12-23(22)16-20;1-2-7-5-3-4-6-7;;/h2,6-8,10-12,15,20H,1,3-5,9,13-14,16-17H2;7H,2-6H2,1H3;2*1H/t20-;;;/m0.../s1. The third kappa shape index (κ3) is 7.95. The number of hydrogen-bond donors (Lipinski definition) is 0. The molecule has 182 valence electrons. The Balaban J connectivity index is 0.000000588. The topological polar surface area (TPSA) is 17.1 Å². The van der Waals surface area contributed by atoms with Crippen molar-refractivity contribution in [3.05, 3.63) is 76.9 Å². The third-order valence-corrected chi connectivity index (χ3v) is 7.44. The summed E-state index contributed by atoms with van der Waals surface area (Å²) in [4.78, 5) is 12.6. The van der Waals surface area contributed by atoms with Crippen LogP contribution < -0.4 is 0 Å². The quantitative estimate of drug-likeness (QED) is 0.274. The predicted molar refractivity (Wildman–Crippen MR) is 143 cm³/mol. The molecule has 2 aromatic carbocycles. The highest BCUT2D eigenvalue weighted by Crippen LogP contribution is 2.30. The second kappa shape index (κ2) is 13.5. The Kier molecular flexibility index (Phi) is 10.4. The molecule has 2 aromatic rings. The molecule has 1 nitrogen and oxygen atoms in total. The van der Waals surface area contributed by atoms with Crippen LogP contribution >= 0.6 is 0 Å². The fourth-order valence-corrected chi connectivity index (χ4v) is 5.24. The maximum atomic E-state index is 12.6. The number of alkyl halides is 1. The van der Waals surface area contributed by atoms with Gasteiger partial charge in [-0.05, 0) is 72.6 Å². The molecule has 0 spiro atoms. The summed E-state index contributed by atoms with van der Waals surface area (Å²) < 4.78 is 12.2. The minimum atomic E-state index is -0.225.